The van der Waals surface area contributed by atoms with Gasteiger partial charge >= 0.3 is 24.1 Å². The largest absolute Gasteiger partial charge is 0.458 e. The van der Waals surface area contributed by atoms with E-state index in [9.17, 15) is 29.7 Å². The van der Waals surface area contributed by atoms with Gasteiger partial charge in [-0.05, 0) is 30.9 Å². The quantitative estimate of drug-likeness (QED) is 0.0931. The predicted molar refractivity (Wildman–Crippen MR) is 145 cm³/mol. The molecule has 2 saturated carbocycles. The highest BCUT2D eigenvalue weighted by Gasteiger charge is 2.88. The number of aliphatic hydroxyl groups excluding tert-OH is 1. The Labute approximate surface area is 240 Å². The van der Waals surface area contributed by atoms with Crippen LogP contribution in [0.2, 0.25) is 0 Å². The Morgan fingerprint density at radius 1 is 1.10 bits per heavy atom. The number of carbonyl (C=O) groups is 3. The molecule has 3 N–H and O–H groups in total. The molecule has 0 aromatic heterocycles. The van der Waals surface area contributed by atoms with Crippen LogP contribution in [0.5, 0.6) is 0 Å². The third kappa shape index (κ3) is 4.49. The Hall–Kier alpha value is -2.85. The number of esters is 3. The summed E-state index contributed by atoms with van der Waals surface area (Å²) in [6.45, 7) is 10.5. The Balaban J connectivity index is 1.90. The molecule has 9 atom stereocenters. The number of rotatable bonds is 9. The molecule has 0 aromatic carbocycles. The number of ether oxygens (including phenoxy) is 3. The average molecular weight is 575 g/mol. The summed E-state index contributed by atoms with van der Waals surface area (Å²) in [6.07, 6.45) is 3.03. The molecule has 0 bridgehead atoms. The SMILES string of the molecule is CCCC(=O)O[C@@H]1[C@@H](C)[C@]2(O)[C@@H]3C=C(C)[C@H](OC(=O)C=[N+]=[N-])[C@@]3(O)CC(CO)=C[C@H]2[C@@H]2C(C)(C)[C@]12OC(=O)CCC. The van der Waals surface area contributed by atoms with Crippen LogP contribution in [0, 0.1) is 29.1 Å². The molecule has 4 rings (SSSR count). The van der Waals surface area contributed by atoms with Gasteiger partial charge in [-0.2, -0.15) is 4.79 Å². The fourth-order valence-electron chi connectivity index (χ4n) is 8.21. The first-order valence-corrected chi connectivity index (χ1v) is 14.4. The molecule has 0 spiro atoms. The van der Waals surface area contributed by atoms with Gasteiger partial charge in [-0.3, -0.25) is 9.59 Å². The number of carbonyl (C=O) groups excluding carboxylic acids is 3. The highest BCUT2D eigenvalue weighted by molar-refractivity contribution is 6.20. The Kier molecular flexibility index (Phi) is 8.17. The lowest BCUT2D eigenvalue weighted by atomic mass is 9.58. The van der Waals surface area contributed by atoms with Crippen LogP contribution in [0.3, 0.4) is 0 Å². The second-order valence-electron chi connectivity index (χ2n) is 12.7. The number of hydrogen-bond acceptors (Lipinski definition) is 9. The molecular formula is C30H42N2O9. The maximum atomic E-state index is 13.0. The van der Waals surface area contributed by atoms with E-state index in [1.807, 2.05) is 27.7 Å². The normalized spacial score (nSPS) is 39.8. The highest BCUT2D eigenvalue weighted by atomic mass is 16.6. The van der Waals surface area contributed by atoms with Crippen molar-refractivity contribution in [2.75, 3.05) is 6.61 Å². The second kappa shape index (κ2) is 10.8. The summed E-state index contributed by atoms with van der Waals surface area (Å²) in [5.41, 5.74) is 4.06. The van der Waals surface area contributed by atoms with E-state index in [1.165, 1.54) is 0 Å². The smallest absolute Gasteiger partial charge is 0.414 e. The van der Waals surface area contributed by atoms with Crippen LogP contribution in [-0.4, -0.2) is 79.8 Å². The van der Waals surface area contributed by atoms with Crippen LogP contribution in [0.15, 0.2) is 23.3 Å². The van der Waals surface area contributed by atoms with Crippen LogP contribution < -0.4 is 0 Å². The molecule has 0 radical (unpaired) electrons. The van der Waals surface area contributed by atoms with Crippen LogP contribution in [-0.2, 0) is 28.6 Å². The van der Waals surface area contributed by atoms with Gasteiger partial charge in [0.25, 0.3) is 0 Å². The van der Waals surface area contributed by atoms with Gasteiger partial charge in [0, 0.05) is 48.3 Å². The highest BCUT2D eigenvalue weighted by Crippen LogP contribution is 2.77. The molecule has 0 amide bonds. The van der Waals surface area contributed by atoms with Gasteiger partial charge in [0.05, 0.1) is 12.2 Å². The van der Waals surface area contributed by atoms with Crippen LogP contribution in [0.1, 0.15) is 73.6 Å². The van der Waals surface area contributed by atoms with Gasteiger partial charge in [0.15, 0.2) is 11.7 Å². The molecule has 0 heterocycles. The van der Waals surface area contributed by atoms with Crippen molar-refractivity contribution in [1.82, 2.24) is 0 Å². The minimum Gasteiger partial charge on any atom is -0.458 e. The van der Waals surface area contributed by atoms with Gasteiger partial charge < -0.3 is 35.1 Å². The Morgan fingerprint density at radius 2 is 1.73 bits per heavy atom. The van der Waals surface area contributed by atoms with Crippen molar-refractivity contribution in [3.8, 4) is 0 Å². The summed E-state index contributed by atoms with van der Waals surface area (Å²) in [7, 11) is 0. The van der Waals surface area contributed by atoms with E-state index in [4.69, 9.17) is 19.7 Å². The first kappa shape index (κ1) is 31.1. The number of nitrogens with zero attached hydrogens (tertiary/aromatic N) is 2. The van der Waals surface area contributed by atoms with Gasteiger partial charge in [-0.1, -0.05) is 46.8 Å². The minimum absolute atomic E-state index is 0.127. The molecule has 0 saturated heterocycles. The lowest BCUT2D eigenvalue weighted by Gasteiger charge is -2.53. The van der Waals surface area contributed by atoms with E-state index >= 15 is 0 Å². The molecule has 0 unspecified atom stereocenters. The second-order valence-corrected chi connectivity index (χ2v) is 12.7. The average Bonchev–Trinajstić information content (AvgIpc) is 3.30. The van der Waals surface area contributed by atoms with Gasteiger partial charge in [0.2, 0.25) is 0 Å². The molecule has 0 aromatic rings. The predicted octanol–water partition coefficient (Wildman–Crippen LogP) is 2.28. The lowest BCUT2D eigenvalue weighted by molar-refractivity contribution is -0.236. The van der Waals surface area contributed by atoms with E-state index in [0.717, 1.165) is 0 Å². The molecule has 11 heteroatoms. The van der Waals surface area contributed by atoms with E-state index in [1.54, 1.807) is 26.0 Å². The van der Waals surface area contributed by atoms with Crippen molar-refractivity contribution < 1.29 is 48.7 Å². The van der Waals surface area contributed by atoms with Crippen molar-refractivity contribution >= 4 is 24.1 Å². The summed E-state index contributed by atoms with van der Waals surface area (Å²) in [5, 5.41) is 35.5. The number of aliphatic hydroxyl groups is 3. The number of hydrogen-bond donors (Lipinski definition) is 3. The topological polar surface area (TPSA) is 176 Å². The van der Waals surface area contributed by atoms with Crippen LogP contribution in [0.4, 0.5) is 0 Å². The van der Waals surface area contributed by atoms with E-state index in [2.05, 4.69) is 4.79 Å². The van der Waals surface area contributed by atoms with Crippen LogP contribution in [0.25, 0.3) is 5.53 Å². The van der Waals surface area contributed by atoms with Crippen molar-refractivity contribution in [3.63, 3.8) is 0 Å². The van der Waals surface area contributed by atoms with Gasteiger partial charge in [0.1, 0.15) is 11.7 Å². The Bertz CT molecular complexity index is 1220. The van der Waals surface area contributed by atoms with Crippen molar-refractivity contribution in [1.29, 1.82) is 0 Å². The first-order chi connectivity index (χ1) is 19.2. The molecule has 4 aliphatic carbocycles. The maximum Gasteiger partial charge on any atom is 0.414 e. The summed E-state index contributed by atoms with van der Waals surface area (Å²) in [4.78, 5) is 41.0. The fourth-order valence-corrected chi connectivity index (χ4v) is 8.21. The van der Waals surface area contributed by atoms with Crippen molar-refractivity contribution in [3.05, 3.63) is 28.8 Å². The summed E-state index contributed by atoms with van der Waals surface area (Å²) >= 11 is 0. The van der Waals surface area contributed by atoms with E-state index in [0.29, 0.717) is 30.2 Å². The zero-order chi connectivity index (χ0) is 30.5. The molecule has 11 nitrogen and oxygen atoms in total. The monoisotopic (exact) mass is 574 g/mol. The lowest BCUT2D eigenvalue weighted by Crippen LogP contribution is -2.66. The van der Waals surface area contributed by atoms with Crippen LogP contribution >= 0.6 is 0 Å². The molecule has 0 aliphatic heterocycles. The summed E-state index contributed by atoms with van der Waals surface area (Å²) in [6, 6.07) is 0. The molecule has 2 fully saturated rings. The molecule has 41 heavy (non-hydrogen) atoms. The number of fused-ring (bicyclic) bond motifs is 5. The molecule has 4 aliphatic rings. The third-order valence-corrected chi connectivity index (χ3v) is 9.97. The summed E-state index contributed by atoms with van der Waals surface area (Å²) < 4.78 is 17.8. The maximum absolute atomic E-state index is 13.0. The minimum atomic E-state index is -1.88. The van der Waals surface area contributed by atoms with Gasteiger partial charge in [-0.25, -0.2) is 4.79 Å². The van der Waals surface area contributed by atoms with Crippen molar-refractivity contribution in [2.24, 2.45) is 29.1 Å². The Morgan fingerprint density at radius 3 is 2.32 bits per heavy atom. The van der Waals surface area contributed by atoms with E-state index < -0.39 is 82.6 Å². The third-order valence-electron chi connectivity index (χ3n) is 9.97. The fraction of sp³-hybridized carbons (Fsp3) is 0.733. The standard InChI is InChI=1S/C30H42N2O9/c1-7-9-21(34)39-26-17(4)29(38)19(24-27(5,6)30(24,26)41-22(35)10-8-2)12-18(15-33)13-28(37)20(29)11-16(3)25(28)40-23(36)14-32-31/h11-12,14,17,19-20,24-26,33,37-38H,7-10,13,15H2,1-6H3/t17-,19+,20-,24-,25+,26-,28-,29-,30-/m1/s1. The zero-order valence-corrected chi connectivity index (χ0v) is 24.6. The summed E-state index contributed by atoms with van der Waals surface area (Å²) in [5.74, 6) is -5.02. The molecule has 226 valence electrons. The van der Waals surface area contributed by atoms with Gasteiger partial charge in [-0.15, -0.1) is 0 Å². The van der Waals surface area contributed by atoms with Crippen molar-refractivity contribution in [2.45, 2.75) is 103 Å². The first-order valence-electron chi connectivity index (χ1n) is 14.4. The zero-order valence-electron chi connectivity index (χ0n) is 24.6. The van der Waals surface area contributed by atoms with E-state index in [-0.39, 0.29) is 19.3 Å². The molecular weight excluding hydrogens is 532 g/mol.